The van der Waals surface area contributed by atoms with Crippen LogP contribution in [0, 0.1) is 0 Å². The molecule has 4 nitrogen and oxygen atoms in total. The monoisotopic (exact) mass is 282 g/mol. The van der Waals surface area contributed by atoms with E-state index in [4.69, 9.17) is 0 Å². The van der Waals surface area contributed by atoms with Crippen LogP contribution in [0.3, 0.4) is 0 Å². The fraction of sp³-hybridized carbons (Fsp3) is 0.273. The van der Waals surface area contributed by atoms with Gasteiger partial charge in [0.15, 0.2) is 0 Å². The zero-order valence-corrected chi connectivity index (χ0v) is 10.6. The predicted molar refractivity (Wildman–Crippen MR) is 63.6 cm³/mol. The number of hydrogen-bond acceptors (Lipinski definition) is 3. The highest BCUT2D eigenvalue weighted by Crippen LogP contribution is 2.20. The Balaban J connectivity index is 2.62. The summed E-state index contributed by atoms with van der Waals surface area (Å²) in [5, 5.41) is 0. The Kier molecular flexibility index (Phi) is 2.96. The van der Waals surface area contributed by atoms with Gasteiger partial charge in [0.2, 0.25) is 0 Å². The van der Waals surface area contributed by atoms with Gasteiger partial charge in [0, 0.05) is 12.6 Å². The summed E-state index contributed by atoms with van der Waals surface area (Å²) >= 11 is 3.38. The van der Waals surface area contributed by atoms with E-state index in [2.05, 4.69) is 25.7 Å². The van der Waals surface area contributed by atoms with Crippen molar-refractivity contribution in [3.63, 3.8) is 0 Å². The number of aromatic nitrogens is 2. The van der Waals surface area contributed by atoms with Gasteiger partial charge in [-0.05, 0) is 28.1 Å². The number of imidazole rings is 1. The number of ether oxygens (including phenoxy) is 1. The lowest BCUT2D eigenvalue weighted by molar-refractivity contribution is 0.0600. The fourth-order valence-corrected chi connectivity index (χ4v) is 2.11. The van der Waals surface area contributed by atoms with Gasteiger partial charge in [-0.25, -0.2) is 9.78 Å². The first-order valence-electron chi connectivity index (χ1n) is 4.92. The molecule has 0 radical (unpaired) electrons. The average molecular weight is 283 g/mol. The van der Waals surface area contributed by atoms with E-state index in [9.17, 15) is 4.79 Å². The maximum absolute atomic E-state index is 11.4. The minimum Gasteiger partial charge on any atom is -0.465 e. The number of nitrogens with zero attached hydrogens (tertiary/aromatic N) is 2. The second-order valence-corrected chi connectivity index (χ2v) is 4.09. The summed E-state index contributed by atoms with van der Waals surface area (Å²) in [4.78, 5) is 15.7. The highest BCUT2D eigenvalue weighted by Gasteiger charge is 2.11. The molecule has 84 valence electrons. The lowest BCUT2D eigenvalue weighted by atomic mass is 10.2. The van der Waals surface area contributed by atoms with Crippen molar-refractivity contribution in [1.82, 2.24) is 9.38 Å². The molecule has 0 unspecified atom stereocenters. The van der Waals surface area contributed by atoms with E-state index in [0.29, 0.717) is 5.56 Å². The van der Waals surface area contributed by atoms with Crippen molar-refractivity contribution in [2.45, 2.75) is 13.3 Å². The van der Waals surface area contributed by atoms with Crippen molar-refractivity contribution >= 4 is 27.4 Å². The lowest BCUT2D eigenvalue weighted by Crippen LogP contribution is -2.02. The molecule has 0 N–H and O–H groups in total. The van der Waals surface area contributed by atoms with Gasteiger partial charge in [-0.2, -0.15) is 0 Å². The van der Waals surface area contributed by atoms with Crippen LogP contribution < -0.4 is 0 Å². The Labute approximate surface area is 101 Å². The number of esters is 1. The summed E-state index contributed by atoms with van der Waals surface area (Å²) in [7, 11) is 1.37. The second-order valence-electron chi connectivity index (χ2n) is 3.33. The van der Waals surface area contributed by atoms with Gasteiger partial charge >= 0.3 is 5.97 Å². The molecule has 2 rings (SSSR count). The van der Waals surface area contributed by atoms with Gasteiger partial charge in [0.05, 0.1) is 18.2 Å². The highest BCUT2D eigenvalue weighted by atomic mass is 79.9. The first kappa shape index (κ1) is 11.1. The molecule has 0 aliphatic heterocycles. The Morgan fingerprint density at radius 3 is 3.00 bits per heavy atom. The number of carbonyl (C=O) groups excluding carboxylic acids is 1. The molecule has 2 aromatic heterocycles. The summed E-state index contributed by atoms with van der Waals surface area (Å²) in [6.45, 7) is 2.04. The van der Waals surface area contributed by atoms with Crippen LogP contribution in [-0.2, 0) is 11.2 Å². The van der Waals surface area contributed by atoms with Gasteiger partial charge in [-0.1, -0.05) is 6.92 Å². The average Bonchev–Trinajstić information content (AvgIpc) is 2.64. The van der Waals surface area contributed by atoms with Crippen LogP contribution in [0.25, 0.3) is 5.52 Å². The molecule has 0 spiro atoms. The van der Waals surface area contributed by atoms with Crippen LogP contribution in [0.1, 0.15) is 23.1 Å². The minimum atomic E-state index is -0.339. The van der Waals surface area contributed by atoms with Crippen LogP contribution in [0.15, 0.2) is 22.9 Å². The maximum atomic E-state index is 11.4. The number of aryl methyl sites for hydroxylation is 1. The second kappa shape index (κ2) is 4.25. The van der Waals surface area contributed by atoms with Crippen molar-refractivity contribution in [1.29, 1.82) is 0 Å². The largest absolute Gasteiger partial charge is 0.465 e. The SMILES string of the molecule is CCc1nc(Br)c2cc(C(=O)OC)ccn12. The summed E-state index contributed by atoms with van der Waals surface area (Å²) < 4.78 is 7.37. The van der Waals surface area contributed by atoms with Crippen molar-refractivity contribution in [3.05, 3.63) is 34.3 Å². The zero-order chi connectivity index (χ0) is 11.7. The standard InChI is InChI=1S/C11H11BrN2O2/c1-3-9-13-10(12)8-6-7(11(15)16-2)4-5-14(8)9/h4-6H,3H2,1-2H3. The molecule has 0 fully saturated rings. The summed E-state index contributed by atoms with van der Waals surface area (Å²) in [6, 6.07) is 3.49. The zero-order valence-electron chi connectivity index (χ0n) is 9.03. The molecule has 0 saturated heterocycles. The minimum absolute atomic E-state index is 0.339. The van der Waals surface area contributed by atoms with Gasteiger partial charge in [0.1, 0.15) is 10.4 Å². The normalized spacial score (nSPS) is 10.7. The van der Waals surface area contributed by atoms with Gasteiger partial charge in [-0.3, -0.25) is 0 Å². The Morgan fingerprint density at radius 2 is 2.38 bits per heavy atom. The molecule has 2 heterocycles. The van der Waals surface area contributed by atoms with Crippen molar-refractivity contribution < 1.29 is 9.53 Å². The van der Waals surface area contributed by atoms with Crippen molar-refractivity contribution in [2.75, 3.05) is 7.11 Å². The highest BCUT2D eigenvalue weighted by molar-refractivity contribution is 9.10. The molecule has 0 saturated carbocycles. The lowest BCUT2D eigenvalue weighted by Gasteiger charge is -2.01. The number of methoxy groups -OCH3 is 1. The van der Waals surface area contributed by atoms with Crippen molar-refractivity contribution in [3.8, 4) is 0 Å². The summed E-state index contributed by atoms with van der Waals surface area (Å²) in [6.07, 6.45) is 2.67. The molecule has 2 aromatic rings. The molecule has 5 heteroatoms. The van der Waals surface area contributed by atoms with Gasteiger partial charge in [0.25, 0.3) is 0 Å². The van der Waals surface area contributed by atoms with E-state index in [1.54, 1.807) is 12.1 Å². The molecule has 0 aliphatic carbocycles. The smallest absolute Gasteiger partial charge is 0.337 e. The van der Waals surface area contributed by atoms with Crippen LogP contribution in [0.2, 0.25) is 0 Å². The molecule has 0 bridgehead atoms. The van der Waals surface area contributed by atoms with Gasteiger partial charge < -0.3 is 9.14 Å². The number of fused-ring (bicyclic) bond motifs is 1. The van der Waals surface area contributed by atoms with Crippen LogP contribution >= 0.6 is 15.9 Å². The topological polar surface area (TPSA) is 43.6 Å². The predicted octanol–water partition coefficient (Wildman–Crippen LogP) is 2.45. The maximum Gasteiger partial charge on any atom is 0.337 e. The molecule has 0 aromatic carbocycles. The van der Waals surface area contributed by atoms with Crippen LogP contribution in [-0.4, -0.2) is 22.5 Å². The van der Waals surface area contributed by atoms with Gasteiger partial charge in [-0.15, -0.1) is 0 Å². The van der Waals surface area contributed by atoms with Crippen LogP contribution in [0.4, 0.5) is 0 Å². The number of carbonyl (C=O) groups is 1. The molecular weight excluding hydrogens is 272 g/mol. The molecular formula is C11H11BrN2O2. The van der Waals surface area contributed by atoms with Crippen LogP contribution in [0.5, 0.6) is 0 Å². The molecule has 0 atom stereocenters. The Morgan fingerprint density at radius 1 is 1.62 bits per heavy atom. The third-order valence-corrected chi connectivity index (χ3v) is 2.99. The van der Waals surface area contributed by atoms with E-state index < -0.39 is 0 Å². The number of rotatable bonds is 2. The summed E-state index contributed by atoms with van der Waals surface area (Å²) in [5.74, 6) is 0.618. The number of hydrogen-bond donors (Lipinski definition) is 0. The Bertz CT molecular complexity index is 548. The van der Waals surface area contributed by atoms with E-state index >= 15 is 0 Å². The number of halogens is 1. The first-order chi connectivity index (χ1) is 7.67. The van der Waals surface area contributed by atoms with Crippen molar-refractivity contribution in [2.24, 2.45) is 0 Å². The quantitative estimate of drug-likeness (QED) is 0.795. The summed E-state index contributed by atoms with van der Waals surface area (Å²) in [5.41, 5.74) is 1.40. The van der Waals surface area contributed by atoms with E-state index in [1.165, 1.54) is 7.11 Å². The fourth-order valence-electron chi connectivity index (χ4n) is 1.60. The third-order valence-electron chi connectivity index (χ3n) is 2.41. The van der Waals surface area contributed by atoms with E-state index in [-0.39, 0.29) is 5.97 Å². The first-order valence-corrected chi connectivity index (χ1v) is 5.71. The third kappa shape index (κ3) is 1.71. The molecule has 16 heavy (non-hydrogen) atoms. The Hall–Kier alpha value is -1.36. The molecule has 0 amide bonds. The van der Waals surface area contributed by atoms with E-state index in [1.807, 2.05) is 17.5 Å². The number of pyridine rings is 1. The van der Waals surface area contributed by atoms with E-state index in [0.717, 1.165) is 22.4 Å². The molecule has 0 aliphatic rings.